The molecule has 0 aliphatic rings. The van der Waals surface area contributed by atoms with Gasteiger partial charge in [-0.05, 0) is 37.1 Å². The molecular formula is C7H7ClOS. The van der Waals surface area contributed by atoms with Gasteiger partial charge in [0, 0.05) is 4.88 Å². The van der Waals surface area contributed by atoms with E-state index in [4.69, 9.17) is 11.6 Å². The predicted octanol–water partition coefficient (Wildman–Crippen LogP) is 2.74. The van der Waals surface area contributed by atoms with Crippen LogP contribution in [0.3, 0.4) is 0 Å². The molecule has 0 fully saturated rings. The SMILES string of the molecule is Cc1cc(C)c(C(=O)Cl)s1. The summed E-state index contributed by atoms with van der Waals surface area (Å²) in [4.78, 5) is 12.4. The first kappa shape index (κ1) is 7.76. The van der Waals surface area contributed by atoms with Gasteiger partial charge >= 0.3 is 0 Å². The van der Waals surface area contributed by atoms with Gasteiger partial charge in [0.05, 0.1) is 4.88 Å². The van der Waals surface area contributed by atoms with Gasteiger partial charge in [-0.3, -0.25) is 4.79 Å². The number of carbonyl (C=O) groups excluding carboxylic acids is 1. The monoisotopic (exact) mass is 174 g/mol. The summed E-state index contributed by atoms with van der Waals surface area (Å²) >= 11 is 6.73. The maximum atomic E-state index is 10.7. The van der Waals surface area contributed by atoms with Crippen molar-refractivity contribution in [3.8, 4) is 0 Å². The van der Waals surface area contributed by atoms with Crippen LogP contribution in [0.25, 0.3) is 0 Å². The van der Waals surface area contributed by atoms with Crippen LogP contribution in [-0.4, -0.2) is 5.24 Å². The Morgan fingerprint density at radius 1 is 1.60 bits per heavy atom. The number of carbonyl (C=O) groups is 1. The van der Waals surface area contributed by atoms with E-state index in [9.17, 15) is 4.79 Å². The van der Waals surface area contributed by atoms with Crippen LogP contribution in [0, 0.1) is 13.8 Å². The van der Waals surface area contributed by atoms with Gasteiger partial charge < -0.3 is 0 Å². The Bertz CT molecular complexity index is 265. The number of thiophene rings is 1. The minimum Gasteiger partial charge on any atom is -0.275 e. The van der Waals surface area contributed by atoms with Crippen molar-refractivity contribution in [3.63, 3.8) is 0 Å². The summed E-state index contributed by atoms with van der Waals surface area (Å²) < 4.78 is 0. The van der Waals surface area contributed by atoms with Crippen molar-refractivity contribution in [1.82, 2.24) is 0 Å². The van der Waals surface area contributed by atoms with Crippen molar-refractivity contribution in [1.29, 1.82) is 0 Å². The lowest BCUT2D eigenvalue weighted by Gasteiger charge is -1.85. The molecular weight excluding hydrogens is 168 g/mol. The molecule has 1 aromatic heterocycles. The lowest BCUT2D eigenvalue weighted by atomic mass is 10.3. The molecule has 0 amide bonds. The highest BCUT2D eigenvalue weighted by Gasteiger charge is 2.08. The molecule has 0 aliphatic carbocycles. The van der Waals surface area contributed by atoms with Crippen LogP contribution in [0.5, 0.6) is 0 Å². The van der Waals surface area contributed by atoms with Crippen LogP contribution in [0.2, 0.25) is 0 Å². The summed E-state index contributed by atoms with van der Waals surface area (Å²) in [5, 5.41) is -0.351. The highest BCUT2D eigenvalue weighted by Crippen LogP contribution is 2.22. The molecule has 0 atom stereocenters. The standard InChI is InChI=1S/C7H7ClOS/c1-4-3-5(2)10-6(4)7(8)9/h3H,1-2H3. The quantitative estimate of drug-likeness (QED) is 0.599. The van der Waals surface area contributed by atoms with E-state index in [0.29, 0.717) is 4.88 Å². The topological polar surface area (TPSA) is 17.1 Å². The van der Waals surface area contributed by atoms with Crippen molar-refractivity contribution < 1.29 is 4.79 Å². The molecule has 0 bridgehead atoms. The van der Waals surface area contributed by atoms with Gasteiger partial charge in [0.15, 0.2) is 0 Å². The van der Waals surface area contributed by atoms with Crippen LogP contribution in [0.15, 0.2) is 6.07 Å². The molecule has 0 aromatic carbocycles. The van der Waals surface area contributed by atoms with Crippen LogP contribution < -0.4 is 0 Å². The average molecular weight is 175 g/mol. The molecule has 1 heterocycles. The van der Waals surface area contributed by atoms with Gasteiger partial charge in [0.25, 0.3) is 5.24 Å². The predicted molar refractivity (Wildman–Crippen MR) is 44.0 cm³/mol. The Morgan fingerprint density at radius 3 is 2.40 bits per heavy atom. The molecule has 0 unspecified atom stereocenters. The molecule has 0 saturated heterocycles. The Hall–Kier alpha value is -0.340. The van der Waals surface area contributed by atoms with Gasteiger partial charge in [0.2, 0.25) is 0 Å². The molecule has 54 valence electrons. The van der Waals surface area contributed by atoms with E-state index in [2.05, 4.69) is 0 Å². The Kier molecular flexibility index (Phi) is 2.11. The minimum atomic E-state index is -0.351. The second-order valence-electron chi connectivity index (χ2n) is 2.14. The smallest absolute Gasteiger partial charge is 0.262 e. The number of hydrogen-bond acceptors (Lipinski definition) is 2. The summed E-state index contributed by atoms with van der Waals surface area (Å²) in [6.45, 7) is 3.85. The third kappa shape index (κ3) is 1.39. The van der Waals surface area contributed by atoms with E-state index in [-0.39, 0.29) is 5.24 Å². The second-order valence-corrected chi connectivity index (χ2v) is 3.74. The van der Waals surface area contributed by atoms with Crippen LogP contribution in [-0.2, 0) is 0 Å². The first-order valence-corrected chi connectivity index (χ1v) is 4.07. The van der Waals surface area contributed by atoms with E-state index in [0.717, 1.165) is 10.4 Å². The Balaban J connectivity index is 3.15. The molecule has 3 heteroatoms. The zero-order valence-electron chi connectivity index (χ0n) is 5.77. The fourth-order valence-electron chi connectivity index (χ4n) is 0.837. The summed E-state index contributed by atoms with van der Waals surface area (Å²) in [6.07, 6.45) is 0. The van der Waals surface area contributed by atoms with Crippen molar-refractivity contribution in [2.75, 3.05) is 0 Å². The van der Waals surface area contributed by atoms with Crippen molar-refractivity contribution in [2.24, 2.45) is 0 Å². The molecule has 10 heavy (non-hydrogen) atoms. The number of halogens is 1. The Labute approximate surface area is 68.6 Å². The fraction of sp³-hybridized carbons (Fsp3) is 0.286. The highest BCUT2D eigenvalue weighted by molar-refractivity contribution is 7.15. The summed E-state index contributed by atoms with van der Waals surface area (Å²) in [7, 11) is 0. The van der Waals surface area contributed by atoms with Crippen LogP contribution in [0.1, 0.15) is 20.1 Å². The second kappa shape index (κ2) is 2.72. The van der Waals surface area contributed by atoms with Crippen LogP contribution in [0.4, 0.5) is 0 Å². The molecule has 1 aromatic rings. The molecule has 0 saturated carbocycles. The third-order valence-electron chi connectivity index (χ3n) is 1.22. The summed E-state index contributed by atoms with van der Waals surface area (Å²) in [5.74, 6) is 0. The van der Waals surface area contributed by atoms with Crippen molar-refractivity contribution in [3.05, 3.63) is 21.4 Å². The van der Waals surface area contributed by atoms with E-state index in [1.54, 1.807) is 0 Å². The third-order valence-corrected chi connectivity index (χ3v) is 2.67. The molecule has 0 aliphatic heterocycles. The largest absolute Gasteiger partial charge is 0.275 e. The molecule has 0 radical (unpaired) electrons. The van der Waals surface area contributed by atoms with E-state index in [1.807, 2.05) is 19.9 Å². The molecule has 0 spiro atoms. The lowest BCUT2D eigenvalue weighted by molar-refractivity contribution is 0.108. The highest BCUT2D eigenvalue weighted by atomic mass is 35.5. The first-order chi connectivity index (χ1) is 4.61. The van der Waals surface area contributed by atoms with E-state index < -0.39 is 0 Å². The number of rotatable bonds is 1. The van der Waals surface area contributed by atoms with Gasteiger partial charge in [0.1, 0.15) is 0 Å². The fourth-order valence-corrected chi connectivity index (χ4v) is 1.96. The van der Waals surface area contributed by atoms with Gasteiger partial charge in [-0.25, -0.2) is 0 Å². The first-order valence-electron chi connectivity index (χ1n) is 2.88. The van der Waals surface area contributed by atoms with Gasteiger partial charge in [-0.2, -0.15) is 0 Å². The molecule has 1 rings (SSSR count). The maximum Gasteiger partial charge on any atom is 0.262 e. The van der Waals surface area contributed by atoms with Crippen molar-refractivity contribution in [2.45, 2.75) is 13.8 Å². The zero-order chi connectivity index (χ0) is 7.72. The van der Waals surface area contributed by atoms with Gasteiger partial charge in [-0.15, -0.1) is 11.3 Å². The summed E-state index contributed by atoms with van der Waals surface area (Å²) in [5.41, 5.74) is 0.975. The van der Waals surface area contributed by atoms with E-state index >= 15 is 0 Å². The lowest BCUT2D eigenvalue weighted by Crippen LogP contribution is -1.84. The number of aryl methyl sites for hydroxylation is 2. The van der Waals surface area contributed by atoms with E-state index in [1.165, 1.54) is 11.3 Å². The minimum absolute atomic E-state index is 0.351. The average Bonchev–Trinajstić information content (AvgIpc) is 2.10. The molecule has 1 nitrogen and oxygen atoms in total. The Morgan fingerprint density at radius 2 is 2.20 bits per heavy atom. The van der Waals surface area contributed by atoms with Crippen LogP contribution >= 0.6 is 22.9 Å². The van der Waals surface area contributed by atoms with Crippen molar-refractivity contribution >= 4 is 28.2 Å². The summed E-state index contributed by atoms with van der Waals surface area (Å²) in [6, 6.07) is 1.96. The zero-order valence-corrected chi connectivity index (χ0v) is 7.34. The molecule has 0 N–H and O–H groups in total. The maximum absolute atomic E-state index is 10.7. The normalized spacial score (nSPS) is 9.90. The van der Waals surface area contributed by atoms with Gasteiger partial charge in [-0.1, -0.05) is 0 Å². The number of hydrogen-bond donors (Lipinski definition) is 0.